The maximum atomic E-state index is 11.6. The second kappa shape index (κ2) is 6.44. The fourth-order valence-corrected chi connectivity index (χ4v) is 2.37. The zero-order valence-electron chi connectivity index (χ0n) is 13.1. The highest BCUT2D eigenvalue weighted by Crippen LogP contribution is 2.18. The smallest absolute Gasteiger partial charge is 0.337 e. The summed E-state index contributed by atoms with van der Waals surface area (Å²) >= 11 is 0. The highest BCUT2D eigenvalue weighted by molar-refractivity contribution is 5.93. The molecule has 0 bridgehead atoms. The van der Waals surface area contributed by atoms with E-state index < -0.39 is 0 Å². The van der Waals surface area contributed by atoms with Crippen molar-refractivity contribution >= 4 is 22.8 Å². The zero-order chi connectivity index (χ0) is 16.2. The Kier molecular flexibility index (Phi) is 4.19. The van der Waals surface area contributed by atoms with Crippen LogP contribution in [0.15, 0.2) is 54.7 Å². The molecular weight excluding hydrogens is 290 g/mol. The van der Waals surface area contributed by atoms with E-state index in [1.165, 1.54) is 12.7 Å². The summed E-state index contributed by atoms with van der Waals surface area (Å²) in [6.45, 7) is 0.734. The van der Waals surface area contributed by atoms with Crippen molar-refractivity contribution in [1.82, 2.24) is 9.97 Å². The third-order valence-electron chi connectivity index (χ3n) is 3.60. The van der Waals surface area contributed by atoms with Crippen molar-refractivity contribution in [1.29, 1.82) is 0 Å². The SMILES string of the molecule is COC(=O)c1ccc2ncc(N(C)Cc3ccccc3)nc2c1. The highest BCUT2D eigenvalue weighted by atomic mass is 16.5. The average molecular weight is 307 g/mol. The Balaban J connectivity index is 1.90. The molecule has 116 valence electrons. The molecule has 0 saturated heterocycles. The first-order chi connectivity index (χ1) is 11.2. The normalized spacial score (nSPS) is 10.5. The second-order valence-corrected chi connectivity index (χ2v) is 5.26. The van der Waals surface area contributed by atoms with Gasteiger partial charge >= 0.3 is 5.97 Å². The van der Waals surface area contributed by atoms with Gasteiger partial charge in [-0.2, -0.15) is 0 Å². The van der Waals surface area contributed by atoms with Crippen molar-refractivity contribution in [2.24, 2.45) is 0 Å². The fourth-order valence-electron chi connectivity index (χ4n) is 2.37. The van der Waals surface area contributed by atoms with Gasteiger partial charge in [-0.1, -0.05) is 30.3 Å². The number of ether oxygens (including phenoxy) is 1. The van der Waals surface area contributed by atoms with Crippen LogP contribution in [0.1, 0.15) is 15.9 Å². The van der Waals surface area contributed by atoms with Crippen LogP contribution in [0, 0.1) is 0 Å². The molecule has 0 N–H and O–H groups in total. The van der Waals surface area contributed by atoms with Gasteiger partial charge in [-0.25, -0.2) is 9.78 Å². The summed E-state index contributed by atoms with van der Waals surface area (Å²) in [6.07, 6.45) is 1.74. The second-order valence-electron chi connectivity index (χ2n) is 5.26. The number of methoxy groups -OCH3 is 1. The Morgan fingerprint density at radius 2 is 1.91 bits per heavy atom. The Bertz CT molecular complexity index is 834. The summed E-state index contributed by atoms with van der Waals surface area (Å²) in [7, 11) is 3.33. The summed E-state index contributed by atoms with van der Waals surface area (Å²) in [5.41, 5.74) is 3.08. The van der Waals surface area contributed by atoms with Crippen LogP contribution >= 0.6 is 0 Å². The molecule has 0 radical (unpaired) electrons. The maximum absolute atomic E-state index is 11.6. The molecule has 0 amide bonds. The van der Waals surface area contributed by atoms with Crippen molar-refractivity contribution in [3.05, 3.63) is 65.9 Å². The van der Waals surface area contributed by atoms with Crippen LogP contribution in [0.2, 0.25) is 0 Å². The van der Waals surface area contributed by atoms with Crippen molar-refractivity contribution in [2.75, 3.05) is 19.1 Å². The first-order valence-corrected chi connectivity index (χ1v) is 7.27. The molecule has 1 heterocycles. The number of hydrogen-bond acceptors (Lipinski definition) is 5. The minimum Gasteiger partial charge on any atom is -0.465 e. The summed E-state index contributed by atoms with van der Waals surface area (Å²) < 4.78 is 4.74. The Morgan fingerprint density at radius 3 is 2.65 bits per heavy atom. The highest BCUT2D eigenvalue weighted by Gasteiger charge is 2.09. The van der Waals surface area contributed by atoms with E-state index in [1.54, 1.807) is 24.4 Å². The molecule has 0 spiro atoms. The molecule has 2 aromatic carbocycles. The van der Waals surface area contributed by atoms with Gasteiger partial charge in [-0.05, 0) is 23.8 Å². The average Bonchev–Trinajstić information content (AvgIpc) is 2.60. The molecule has 23 heavy (non-hydrogen) atoms. The van der Waals surface area contributed by atoms with E-state index in [2.05, 4.69) is 22.1 Å². The van der Waals surface area contributed by atoms with Crippen LogP contribution in [0.4, 0.5) is 5.82 Å². The number of nitrogens with zero attached hydrogens (tertiary/aromatic N) is 3. The standard InChI is InChI=1S/C18H17N3O2/c1-21(12-13-6-4-3-5-7-13)17-11-19-15-9-8-14(18(22)23-2)10-16(15)20-17/h3-11H,12H2,1-2H3. The zero-order valence-corrected chi connectivity index (χ0v) is 13.1. The van der Waals surface area contributed by atoms with E-state index in [9.17, 15) is 4.79 Å². The number of fused-ring (bicyclic) bond motifs is 1. The quantitative estimate of drug-likeness (QED) is 0.693. The van der Waals surface area contributed by atoms with Crippen LogP contribution in [-0.2, 0) is 11.3 Å². The molecule has 5 heteroatoms. The third kappa shape index (κ3) is 3.29. The topological polar surface area (TPSA) is 55.3 Å². The van der Waals surface area contributed by atoms with Gasteiger partial charge in [0.1, 0.15) is 5.82 Å². The number of anilines is 1. The molecular formula is C18H17N3O2. The number of carbonyl (C=O) groups excluding carboxylic acids is 1. The van der Waals surface area contributed by atoms with Crippen LogP contribution < -0.4 is 4.90 Å². The summed E-state index contributed by atoms with van der Waals surface area (Å²) in [5.74, 6) is 0.375. The van der Waals surface area contributed by atoms with E-state index in [1.807, 2.05) is 30.1 Å². The number of rotatable bonds is 4. The molecule has 5 nitrogen and oxygen atoms in total. The van der Waals surface area contributed by atoms with Crippen LogP contribution in [0.5, 0.6) is 0 Å². The number of hydrogen-bond donors (Lipinski definition) is 0. The van der Waals surface area contributed by atoms with Gasteiger partial charge in [0.2, 0.25) is 0 Å². The molecule has 1 aromatic heterocycles. The van der Waals surface area contributed by atoms with E-state index >= 15 is 0 Å². The summed E-state index contributed by atoms with van der Waals surface area (Å²) in [5, 5.41) is 0. The lowest BCUT2D eigenvalue weighted by Gasteiger charge is -2.18. The molecule has 0 aliphatic rings. The van der Waals surface area contributed by atoms with Gasteiger partial charge in [-0.3, -0.25) is 4.98 Å². The number of aromatic nitrogens is 2. The minimum atomic E-state index is -0.378. The first kappa shape index (κ1) is 15.0. The van der Waals surface area contributed by atoms with Gasteiger partial charge in [0.25, 0.3) is 0 Å². The van der Waals surface area contributed by atoms with Crippen molar-refractivity contribution in [3.8, 4) is 0 Å². The fraction of sp³-hybridized carbons (Fsp3) is 0.167. The van der Waals surface area contributed by atoms with E-state index in [4.69, 9.17) is 4.74 Å². The Morgan fingerprint density at radius 1 is 1.13 bits per heavy atom. The molecule has 0 aliphatic heterocycles. The first-order valence-electron chi connectivity index (χ1n) is 7.27. The van der Waals surface area contributed by atoms with Gasteiger partial charge in [0, 0.05) is 13.6 Å². The lowest BCUT2D eigenvalue weighted by atomic mass is 10.2. The number of carbonyl (C=O) groups is 1. The van der Waals surface area contributed by atoms with E-state index in [-0.39, 0.29) is 5.97 Å². The van der Waals surface area contributed by atoms with Crippen LogP contribution in [-0.4, -0.2) is 30.1 Å². The monoisotopic (exact) mass is 307 g/mol. The predicted molar refractivity (Wildman–Crippen MR) is 89.4 cm³/mol. The van der Waals surface area contributed by atoms with Crippen LogP contribution in [0.3, 0.4) is 0 Å². The maximum Gasteiger partial charge on any atom is 0.337 e. The largest absolute Gasteiger partial charge is 0.465 e. The molecule has 0 aliphatic carbocycles. The third-order valence-corrected chi connectivity index (χ3v) is 3.60. The Hall–Kier alpha value is -2.95. The molecule has 0 fully saturated rings. The molecule has 0 saturated carbocycles. The van der Waals surface area contributed by atoms with Gasteiger partial charge in [-0.15, -0.1) is 0 Å². The predicted octanol–water partition coefficient (Wildman–Crippen LogP) is 3.05. The van der Waals surface area contributed by atoms with Crippen molar-refractivity contribution < 1.29 is 9.53 Å². The van der Waals surface area contributed by atoms with Crippen LogP contribution in [0.25, 0.3) is 11.0 Å². The molecule has 0 unspecified atom stereocenters. The summed E-state index contributed by atoms with van der Waals surface area (Å²) in [6, 6.07) is 15.3. The van der Waals surface area contributed by atoms with Crippen molar-refractivity contribution in [2.45, 2.75) is 6.54 Å². The molecule has 3 rings (SSSR count). The van der Waals surface area contributed by atoms with Gasteiger partial charge in [0.15, 0.2) is 0 Å². The lowest BCUT2D eigenvalue weighted by molar-refractivity contribution is 0.0601. The van der Waals surface area contributed by atoms with Gasteiger partial charge < -0.3 is 9.64 Å². The van der Waals surface area contributed by atoms with Gasteiger partial charge in [0.05, 0.1) is 29.9 Å². The van der Waals surface area contributed by atoms with Crippen molar-refractivity contribution in [3.63, 3.8) is 0 Å². The number of benzene rings is 2. The van der Waals surface area contributed by atoms with E-state index in [0.29, 0.717) is 11.1 Å². The molecule has 3 aromatic rings. The van der Waals surface area contributed by atoms with E-state index in [0.717, 1.165) is 17.9 Å². The molecule has 0 atom stereocenters. The minimum absolute atomic E-state index is 0.378. The summed E-state index contributed by atoms with van der Waals surface area (Å²) in [4.78, 5) is 22.7. The Labute approximate surface area is 134 Å². The lowest BCUT2D eigenvalue weighted by Crippen LogP contribution is -2.18. The number of esters is 1.